The highest BCUT2D eigenvalue weighted by molar-refractivity contribution is 5.87. The van der Waals surface area contributed by atoms with E-state index in [9.17, 15) is 0 Å². The van der Waals surface area contributed by atoms with Crippen molar-refractivity contribution in [2.75, 3.05) is 13.7 Å². The van der Waals surface area contributed by atoms with Crippen LogP contribution >= 0.6 is 0 Å². The summed E-state index contributed by atoms with van der Waals surface area (Å²) in [6.07, 6.45) is 0. The average Bonchev–Trinajstić information content (AvgIpc) is 2.02. The molecule has 0 rings (SSSR count). The van der Waals surface area contributed by atoms with E-state index in [1.54, 1.807) is 0 Å². The average molecular weight is 198 g/mol. The predicted molar refractivity (Wildman–Crippen MR) is 59.8 cm³/mol. The minimum absolute atomic E-state index is 0.139. The van der Waals surface area contributed by atoms with Crippen molar-refractivity contribution in [1.82, 2.24) is 4.90 Å². The summed E-state index contributed by atoms with van der Waals surface area (Å²) < 4.78 is 0. The first-order valence-electron chi connectivity index (χ1n) is 4.91. The number of amidine groups is 1. The third-order valence-electron chi connectivity index (χ3n) is 2.10. The van der Waals surface area contributed by atoms with Crippen LogP contribution in [0.15, 0.2) is 10.1 Å². The van der Waals surface area contributed by atoms with Gasteiger partial charge in [0.25, 0.3) is 0 Å². The van der Waals surface area contributed by atoms with Gasteiger partial charge in [-0.25, -0.2) is 5.53 Å². The molecule has 0 aromatic rings. The molecule has 4 heteroatoms. The molecule has 0 aromatic carbocycles. The largest absolute Gasteiger partial charge is 0.285 e. The second kappa shape index (κ2) is 5.20. The maximum atomic E-state index is 7.04. The van der Waals surface area contributed by atoms with Crippen molar-refractivity contribution in [2.45, 2.75) is 40.7 Å². The molecule has 0 atom stereocenters. The van der Waals surface area contributed by atoms with Gasteiger partial charge in [0.1, 0.15) is 0 Å². The molecule has 1 N–H and O–H groups in total. The zero-order valence-corrected chi connectivity index (χ0v) is 10.1. The van der Waals surface area contributed by atoms with Crippen LogP contribution in [0.3, 0.4) is 0 Å². The SMILES string of the molecule is CC(C)N(C)C/N=C(\N=N)C(C)(C)C. The summed E-state index contributed by atoms with van der Waals surface area (Å²) in [5, 5.41) is 3.46. The Hall–Kier alpha value is -0.770. The van der Waals surface area contributed by atoms with Crippen molar-refractivity contribution in [3.63, 3.8) is 0 Å². The Morgan fingerprint density at radius 3 is 2.14 bits per heavy atom. The Balaban J connectivity index is 4.41. The summed E-state index contributed by atoms with van der Waals surface area (Å²) in [5.41, 5.74) is 6.90. The van der Waals surface area contributed by atoms with Gasteiger partial charge in [0.05, 0.1) is 6.67 Å². The van der Waals surface area contributed by atoms with Gasteiger partial charge in [-0.3, -0.25) is 9.89 Å². The van der Waals surface area contributed by atoms with E-state index in [1.165, 1.54) is 0 Å². The Bertz CT molecular complexity index is 213. The van der Waals surface area contributed by atoms with E-state index in [4.69, 9.17) is 5.53 Å². The highest BCUT2D eigenvalue weighted by Crippen LogP contribution is 2.16. The molecule has 0 spiro atoms. The van der Waals surface area contributed by atoms with Gasteiger partial charge in [-0.05, 0) is 20.9 Å². The zero-order chi connectivity index (χ0) is 11.4. The van der Waals surface area contributed by atoms with Crippen molar-refractivity contribution >= 4 is 5.84 Å². The molecule has 0 bridgehead atoms. The number of nitrogens with one attached hydrogen (secondary N) is 1. The van der Waals surface area contributed by atoms with Crippen LogP contribution in [0.2, 0.25) is 0 Å². The van der Waals surface area contributed by atoms with E-state index in [0.717, 1.165) is 0 Å². The molecule has 82 valence electrons. The number of rotatable bonds is 3. The first kappa shape index (κ1) is 13.2. The van der Waals surface area contributed by atoms with Crippen LogP contribution in [0.1, 0.15) is 34.6 Å². The van der Waals surface area contributed by atoms with E-state index in [2.05, 4.69) is 28.9 Å². The first-order chi connectivity index (χ1) is 6.29. The maximum absolute atomic E-state index is 7.04. The van der Waals surface area contributed by atoms with Crippen molar-refractivity contribution in [2.24, 2.45) is 15.5 Å². The predicted octanol–water partition coefficient (Wildman–Crippen LogP) is 2.76. The zero-order valence-electron chi connectivity index (χ0n) is 10.1. The molecule has 0 aliphatic carbocycles. The third-order valence-corrected chi connectivity index (χ3v) is 2.10. The summed E-state index contributed by atoms with van der Waals surface area (Å²) in [4.78, 5) is 6.43. The molecule has 0 fully saturated rings. The van der Waals surface area contributed by atoms with Crippen molar-refractivity contribution < 1.29 is 0 Å². The molecule has 0 saturated carbocycles. The number of hydrogen-bond donors (Lipinski definition) is 1. The summed E-state index contributed by atoms with van der Waals surface area (Å²) in [7, 11) is 2.01. The lowest BCUT2D eigenvalue weighted by atomic mass is 9.95. The van der Waals surface area contributed by atoms with Crippen LogP contribution in [0, 0.1) is 10.9 Å². The van der Waals surface area contributed by atoms with Gasteiger partial charge >= 0.3 is 0 Å². The number of hydrogen-bond acceptors (Lipinski definition) is 3. The molecule has 4 nitrogen and oxygen atoms in total. The Morgan fingerprint density at radius 2 is 1.86 bits per heavy atom. The second-order valence-electron chi connectivity index (χ2n) is 4.84. The fourth-order valence-corrected chi connectivity index (χ4v) is 0.782. The Kier molecular flexibility index (Phi) is 4.91. The molecule has 0 amide bonds. The molecule has 0 heterocycles. The van der Waals surface area contributed by atoms with Crippen LogP contribution in [0.25, 0.3) is 0 Å². The highest BCUT2D eigenvalue weighted by Gasteiger charge is 2.18. The molecule has 0 saturated heterocycles. The van der Waals surface area contributed by atoms with E-state index in [-0.39, 0.29) is 5.41 Å². The fraction of sp³-hybridized carbons (Fsp3) is 0.900. The van der Waals surface area contributed by atoms with Crippen LogP contribution in [-0.2, 0) is 0 Å². The minimum atomic E-state index is -0.139. The van der Waals surface area contributed by atoms with Crippen LogP contribution in [0.5, 0.6) is 0 Å². The van der Waals surface area contributed by atoms with Crippen LogP contribution in [0.4, 0.5) is 0 Å². The van der Waals surface area contributed by atoms with Crippen LogP contribution < -0.4 is 0 Å². The van der Waals surface area contributed by atoms with Gasteiger partial charge in [-0.2, -0.15) is 0 Å². The second-order valence-corrected chi connectivity index (χ2v) is 4.84. The molecule has 0 radical (unpaired) electrons. The van der Waals surface area contributed by atoms with E-state index >= 15 is 0 Å². The van der Waals surface area contributed by atoms with Crippen LogP contribution in [-0.4, -0.2) is 30.5 Å². The first-order valence-corrected chi connectivity index (χ1v) is 4.91. The lowest BCUT2D eigenvalue weighted by molar-refractivity contribution is 0.282. The summed E-state index contributed by atoms with van der Waals surface area (Å²) >= 11 is 0. The molecular formula is C10H22N4. The van der Waals surface area contributed by atoms with Gasteiger partial charge in [0, 0.05) is 11.5 Å². The Labute approximate surface area is 86.9 Å². The van der Waals surface area contributed by atoms with Gasteiger partial charge in [-0.1, -0.05) is 20.8 Å². The summed E-state index contributed by atoms with van der Waals surface area (Å²) in [6.45, 7) is 10.9. The van der Waals surface area contributed by atoms with Gasteiger partial charge in [0.15, 0.2) is 5.84 Å². The summed E-state index contributed by atoms with van der Waals surface area (Å²) in [5.74, 6) is 0.602. The van der Waals surface area contributed by atoms with E-state index in [1.807, 2.05) is 27.8 Å². The smallest absolute Gasteiger partial charge is 0.152 e. The molecule has 14 heavy (non-hydrogen) atoms. The van der Waals surface area contributed by atoms with Crippen molar-refractivity contribution in [3.8, 4) is 0 Å². The van der Waals surface area contributed by atoms with Crippen molar-refractivity contribution in [3.05, 3.63) is 0 Å². The normalized spacial score (nSPS) is 13.9. The van der Waals surface area contributed by atoms with Gasteiger partial charge < -0.3 is 0 Å². The Morgan fingerprint density at radius 1 is 1.36 bits per heavy atom. The van der Waals surface area contributed by atoms with E-state index in [0.29, 0.717) is 18.5 Å². The minimum Gasteiger partial charge on any atom is -0.285 e. The topological polar surface area (TPSA) is 51.8 Å². The summed E-state index contributed by atoms with van der Waals surface area (Å²) in [6, 6.07) is 0.464. The highest BCUT2D eigenvalue weighted by atomic mass is 15.2. The molecule has 0 aromatic heterocycles. The standard InChI is InChI=1S/C10H22N4/c1-8(2)14(6)7-12-9(13-11)10(3,4)5/h8,11H,7H2,1-6H3/b12-9-,13-11?. The molecular weight excluding hydrogens is 176 g/mol. The molecule has 0 unspecified atom stereocenters. The third kappa shape index (κ3) is 4.46. The quantitative estimate of drug-likeness (QED) is 0.423. The molecule has 0 aliphatic heterocycles. The monoisotopic (exact) mass is 198 g/mol. The maximum Gasteiger partial charge on any atom is 0.152 e. The molecule has 0 aliphatic rings. The van der Waals surface area contributed by atoms with Crippen molar-refractivity contribution in [1.29, 1.82) is 5.53 Å². The fourth-order valence-electron chi connectivity index (χ4n) is 0.782. The van der Waals surface area contributed by atoms with E-state index < -0.39 is 0 Å². The van der Waals surface area contributed by atoms with Gasteiger partial charge in [-0.15, -0.1) is 5.11 Å². The number of nitrogens with zero attached hydrogens (tertiary/aromatic N) is 3. The number of aliphatic imine (C=N–C) groups is 1. The lowest BCUT2D eigenvalue weighted by Gasteiger charge is -2.21. The van der Waals surface area contributed by atoms with Gasteiger partial charge in [0.2, 0.25) is 0 Å². The lowest BCUT2D eigenvalue weighted by Crippen LogP contribution is -2.28.